The molecule has 1 aliphatic carbocycles. The minimum absolute atomic E-state index is 0.268. The van der Waals surface area contributed by atoms with Crippen LogP contribution in [0.5, 0.6) is 0 Å². The van der Waals surface area contributed by atoms with E-state index in [-0.39, 0.29) is 6.04 Å². The number of rotatable bonds is 6. The largest absolute Gasteiger partial charge is 0.328 e. The van der Waals surface area contributed by atoms with E-state index in [1.54, 1.807) is 7.05 Å². The Hall–Kier alpha value is -0.170. The molecule has 0 aliphatic heterocycles. The molecule has 0 aromatic heterocycles. The molecule has 1 fully saturated rings. The van der Waals surface area contributed by atoms with Gasteiger partial charge in [-0.15, -0.1) is 0 Å². The Bertz CT molecular complexity index is 310. The molecule has 0 aromatic rings. The van der Waals surface area contributed by atoms with E-state index in [0.29, 0.717) is 24.9 Å². The van der Waals surface area contributed by atoms with E-state index in [0.717, 1.165) is 12.8 Å². The van der Waals surface area contributed by atoms with Crippen LogP contribution in [-0.2, 0) is 10.2 Å². The van der Waals surface area contributed by atoms with E-state index in [1.807, 2.05) is 13.8 Å². The van der Waals surface area contributed by atoms with Gasteiger partial charge in [0.25, 0.3) is 10.2 Å². The van der Waals surface area contributed by atoms with Crippen molar-refractivity contribution in [2.75, 3.05) is 20.1 Å². The van der Waals surface area contributed by atoms with Gasteiger partial charge in [-0.25, -0.2) is 4.72 Å². The van der Waals surface area contributed by atoms with Gasteiger partial charge in [-0.3, -0.25) is 0 Å². The van der Waals surface area contributed by atoms with Crippen molar-refractivity contribution in [2.45, 2.75) is 32.7 Å². The maximum atomic E-state index is 11.8. The van der Waals surface area contributed by atoms with Crippen LogP contribution in [-0.4, -0.2) is 38.9 Å². The molecule has 3 N–H and O–H groups in total. The van der Waals surface area contributed by atoms with Crippen molar-refractivity contribution in [3.8, 4) is 0 Å². The first-order valence-electron chi connectivity index (χ1n) is 5.77. The Kier molecular flexibility index (Phi) is 4.73. The third-order valence-electron chi connectivity index (χ3n) is 2.87. The summed E-state index contributed by atoms with van der Waals surface area (Å²) in [6, 6.07) is 0.268. The molecule has 16 heavy (non-hydrogen) atoms. The monoisotopic (exact) mass is 249 g/mol. The fourth-order valence-electron chi connectivity index (χ4n) is 1.78. The third-order valence-corrected chi connectivity index (χ3v) is 4.37. The van der Waals surface area contributed by atoms with Gasteiger partial charge in [0.2, 0.25) is 0 Å². The van der Waals surface area contributed by atoms with Gasteiger partial charge in [0.1, 0.15) is 0 Å². The summed E-state index contributed by atoms with van der Waals surface area (Å²) < 4.78 is 27.5. The van der Waals surface area contributed by atoms with Gasteiger partial charge in [0.05, 0.1) is 0 Å². The molecule has 6 heteroatoms. The minimum Gasteiger partial charge on any atom is -0.328 e. The quantitative estimate of drug-likeness (QED) is 0.703. The lowest BCUT2D eigenvalue weighted by atomic mass is 9.81. The zero-order chi connectivity index (χ0) is 12.3. The van der Waals surface area contributed by atoms with Gasteiger partial charge in [-0.05, 0) is 24.7 Å². The van der Waals surface area contributed by atoms with Gasteiger partial charge in [0.15, 0.2) is 0 Å². The molecule has 0 saturated heterocycles. The van der Waals surface area contributed by atoms with Crippen LogP contribution in [0.2, 0.25) is 0 Å². The fraction of sp³-hybridized carbons (Fsp3) is 1.00. The zero-order valence-electron chi connectivity index (χ0n) is 10.3. The van der Waals surface area contributed by atoms with Gasteiger partial charge >= 0.3 is 0 Å². The van der Waals surface area contributed by atoms with Crippen LogP contribution in [0.1, 0.15) is 26.7 Å². The zero-order valence-corrected chi connectivity index (χ0v) is 11.1. The maximum Gasteiger partial charge on any atom is 0.279 e. The highest BCUT2D eigenvalue weighted by atomic mass is 32.2. The van der Waals surface area contributed by atoms with Gasteiger partial charge in [0, 0.05) is 26.2 Å². The summed E-state index contributed by atoms with van der Waals surface area (Å²) in [5, 5.41) is 0. The molecule has 1 aliphatic rings. The van der Waals surface area contributed by atoms with E-state index >= 15 is 0 Å². The van der Waals surface area contributed by atoms with Crippen LogP contribution in [0.25, 0.3) is 0 Å². The summed E-state index contributed by atoms with van der Waals surface area (Å²) in [5.74, 6) is 0.746. The SMILES string of the molecule is CC(C)CNS(=O)(=O)N(C)CC1CC(N)C1. The van der Waals surface area contributed by atoms with Crippen LogP contribution >= 0.6 is 0 Å². The molecule has 5 nitrogen and oxygen atoms in total. The molecule has 1 rings (SSSR count). The van der Waals surface area contributed by atoms with E-state index in [2.05, 4.69) is 4.72 Å². The van der Waals surface area contributed by atoms with Crippen LogP contribution in [0.3, 0.4) is 0 Å². The summed E-state index contributed by atoms with van der Waals surface area (Å²) in [7, 11) is -1.68. The van der Waals surface area contributed by atoms with Gasteiger partial charge in [-0.2, -0.15) is 12.7 Å². The molecule has 0 bridgehead atoms. The van der Waals surface area contributed by atoms with Crippen molar-refractivity contribution < 1.29 is 8.42 Å². The summed E-state index contributed by atoms with van der Waals surface area (Å²) in [4.78, 5) is 0. The molecule has 1 saturated carbocycles. The first kappa shape index (κ1) is 13.9. The second kappa shape index (κ2) is 5.44. The maximum absolute atomic E-state index is 11.8. The molecule has 0 amide bonds. The first-order chi connectivity index (χ1) is 7.31. The number of nitrogens with one attached hydrogen (secondary N) is 1. The molecule has 0 aromatic carbocycles. The molecule has 0 unspecified atom stereocenters. The lowest BCUT2D eigenvalue weighted by Gasteiger charge is -2.34. The summed E-state index contributed by atoms with van der Waals surface area (Å²) >= 11 is 0. The van der Waals surface area contributed by atoms with E-state index in [9.17, 15) is 8.42 Å². The smallest absolute Gasteiger partial charge is 0.279 e. The Labute approximate surface area is 98.6 Å². The average molecular weight is 249 g/mol. The summed E-state index contributed by atoms with van der Waals surface area (Å²) in [6.45, 7) is 5.01. The molecular formula is C10H23N3O2S. The predicted octanol–water partition coefficient (Wildman–Crippen LogP) is 0.146. The van der Waals surface area contributed by atoms with E-state index in [4.69, 9.17) is 5.73 Å². The molecule has 0 radical (unpaired) electrons. The van der Waals surface area contributed by atoms with E-state index < -0.39 is 10.2 Å². The van der Waals surface area contributed by atoms with Crippen molar-refractivity contribution >= 4 is 10.2 Å². The molecular weight excluding hydrogens is 226 g/mol. The first-order valence-corrected chi connectivity index (χ1v) is 7.21. The van der Waals surface area contributed by atoms with Crippen LogP contribution in [0.15, 0.2) is 0 Å². The number of hydrogen-bond donors (Lipinski definition) is 2. The Morgan fingerprint density at radius 1 is 1.44 bits per heavy atom. The number of nitrogens with two attached hydrogens (primary N) is 1. The standard InChI is InChI=1S/C10H23N3O2S/c1-8(2)6-12-16(14,15)13(3)7-9-4-10(11)5-9/h8-10,12H,4-7,11H2,1-3H3. The summed E-state index contributed by atoms with van der Waals surface area (Å²) in [6.07, 6.45) is 1.87. The predicted molar refractivity (Wildman–Crippen MR) is 65.1 cm³/mol. The topological polar surface area (TPSA) is 75.4 Å². The van der Waals surface area contributed by atoms with Gasteiger partial charge in [-0.1, -0.05) is 13.8 Å². The Morgan fingerprint density at radius 3 is 2.44 bits per heavy atom. The fourth-order valence-corrected chi connectivity index (χ4v) is 2.95. The third kappa shape index (κ3) is 4.01. The lowest BCUT2D eigenvalue weighted by molar-refractivity contribution is 0.226. The lowest BCUT2D eigenvalue weighted by Crippen LogP contribution is -2.46. The Morgan fingerprint density at radius 2 is 2.00 bits per heavy atom. The van der Waals surface area contributed by atoms with Gasteiger partial charge < -0.3 is 5.73 Å². The average Bonchev–Trinajstić information content (AvgIpc) is 2.12. The van der Waals surface area contributed by atoms with Crippen molar-refractivity contribution in [3.05, 3.63) is 0 Å². The van der Waals surface area contributed by atoms with Crippen LogP contribution in [0.4, 0.5) is 0 Å². The minimum atomic E-state index is -3.30. The van der Waals surface area contributed by atoms with Crippen molar-refractivity contribution in [1.29, 1.82) is 0 Å². The highest BCUT2D eigenvalue weighted by Crippen LogP contribution is 2.26. The van der Waals surface area contributed by atoms with Crippen molar-refractivity contribution in [3.63, 3.8) is 0 Å². The highest BCUT2D eigenvalue weighted by molar-refractivity contribution is 7.87. The van der Waals surface area contributed by atoms with E-state index in [1.165, 1.54) is 4.31 Å². The number of hydrogen-bond acceptors (Lipinski definition) is 3. The molecule has 0 spiro atoms. The van der Waals surface area contributed by atoms with Crippen LogP contribution in [0, 0.1) is 11.8 Å². The van der Waals surface area contributed by atoms with Crippen LogP contribution < -0.4 is 10.5 Å². The van der Waals surface area contributed by atoms with Crippen molar-refractivity contribution in [1.82, 2.24) is 9.03 Å². The molecule has 0 atom stereocenters. The Balaban J connectivity index is 2.36. The number of nitrogens with zero attached hydrogens (tertiary/aromatic N) is 1. The van der Waals surface area contributed by atoms with Crippen molar-refractivity contribution in [2.24, 2.45) is 17.6 Å². The second-order valence-electron chi connectivity index (χ2n) is 5.13. The molecule has 0 heterocycles. The highest BCUT2D eigenvalue weighted by Gasteiger charge is 2.29. The normalized spacial score (nSPS) is 26.1. The molecule has 96 valence electrons. The second-order valence-corrected chi connectivity index (χ2v) is 6.99. The summed E-state index contributed by atoms with van der Waals surface area (Å²) in [5.41, 5.74) is 5.67.